The highest BCUT2D eigenvalue weighted by atomic mass is 16.5. The number of carbonyl (C=O) groups excluding carboxylic acids is 1. The SMILES string of the molecule is NCC1(C(=O)NCCCOCCO)CCCCC1. The highest BCUT2D eigenvalue weighted by Gasteiger charge is 2.37. The van der Waals surface area contributed by atoms with Crippen LogP contribution in [0.25, 0.3) is 0 Å². The minimum atomic E-state index is -0.329. The van der Waals surface area contributed by atoms with E-state index in [0.29, 0.717) is 26.3 Å². The fourth-order valence-corrected chi connectivity index (χ4v) is 2.48. The second kappa shape index (κ2) is 8.45. The number of rotatable bonds is 8. The molecule has 0 radical (unpaired) electrons. The molecule has 0 aromatic heterocycles. The van der Waals surface area contributed by atoms with Gasteiger partial charge < -0.3 is 20.9 Å². The monoisotopic (exact) mass is 258 g/mol. The van der Waals surface area contributed by atoms with Crippen molar-refractivity contribution in [1.29, 1.82) is 0 Å². The number of hydrogen-bond acceptors (Lipinski definition) is 4. The summed E-state index contributed by atoms with van der Waals surface area (Å²) in [5.41, 5.74) is 5.47. The molecule has 18 heavy (non-hydrogen) atoms. The molecule has 0 aromatic carbocycles. The van der Waals surface area contributed by atoms with Gasteiger partial charge in [0.1, 0.15) is 0 Å². The van der Waals surface area contributed by atoms with Gasteiger partial charge in [0.15, 0.2) is 0 Å². The minimum Gasteiger partial charge on any atom is -0.394 e. The molecular formula is C13H26N2O3. The Labute approximate surface area is 109 Å². The molecule has 1 saturated carbocycles. The zero-order valence-corrected chi connectivity index (χ0v) is 11.1. The first-order valence-electron chi connectivity index (χ1n) is 6.92. The van der Waals surface area contributed by atoms with Crippen LogP contribution in [0, 0.1) is 5.41 Å². The van der Waals surface area contributed by atoms with E-state index in [9.17, 15) is 4.79 Å². The van der Waals surface area contributed by atoms with E-state index in [-0.39, 0.29) is 17.9 Å². The van der Waals surface area contributed by atoms with E-state index in [4.69, 9.17) is 15.6 Å². The van der Waals surface area contributed by atoms with E-state index in [0.717, 1.165) is 32.1 Å². The maximum atomic E-state index is 12.2. The van der Waals surface area contributed by atoms with E-state index < -0.39 is 0 Å². The lowest BCUT2D eigenvalue weighted by atomic mass is 9.73. The number of ether oxygens (including phenoxy) is 1. The van der Waals surface area contributed by atoms with Crippen molar-refractivity contribution in [3.05, 3.63) is 0 Å². The molecule has 1 rings (SSSR count). The number of nitrogens with one attached hydrogen (secondary N) is 1. The molecule has 0 saturated heterocycles. The van der Waals surface area contributed by atoms with Crippen LogP contribution < -0.4 is 11.1 Å². The van der Waals surface area contributed by atoms with Crippen molar-refractivity contribution in [3.63, 3.8) is 0 Å². The summed E-state index contributed by atoms with van der Waals surface area (Å²) < 4.78 is 5.14. The van der Waals surface area contributed by atoms with E-state index in [1.54, 1.807) is 0 Å². The summed E-state index contributed by atoms with van der Waals surface area (Å²) in [6.07, 6.45) is 6.01. The van der Waals surface area contributed by atoms with E-state index in [1.165, 1.54) is 6.42 Å². The first-order chi connectivity index (χ1) is 8.75. The second-order valence-electron chi connectivity index (χ2n) is 4.99. The van der Waals surface area contributed by atoms with Crippen molar-refractivity contribution >= 4 is 5.91 Å². The highest BCUT2D eigenvalue weighted by molar-refractivity contribution is 5.82. The average molecular weight is 258 g/mol. The maximum absolute atomic E-state index is 12.2. The Bertz CT molecular complexity index is 240. The van der Waals surface area contributed by atoms with Crippen molar-refractivity contribution in [2.45, 2.75) is 38.5 Å². The van der Waals surface area contributed by atoms with Gasteiger partial charge in [-0.3, -0.25) is 4.79 Å². The molecule has 1 aliphatic rings. The van der Waals surface area contributed by atoms with Crippen LogP contribution >= 0.6 is 0 Å². The Hall–Kier alpha value is -0.650. The zero-order chi connectivity index (χ0) is 13.3. The van der Waals surface area contributed by atoms with Gasteiger partial charge in [-0.05, 0) is 19.3 Å². The molecule has 0 aromatic rings. The van der Waals surface area contributed by atoms with Gasteiger partial charge in [0.2, 0.25) is 5.91 Å². The molecule has 5 nitrogen and oxygen atoms in total. The van der Waals surface area contributed by atoms with Crippen LogP contribution in [0.5, 0.6) is 0 Å². The first kappa shape index (κ1) is 15.4. The topological polar surface area (TPSA) is 84.6 Å². The Balaban J connectivity index is 2.21. The van der Waals surface area contributed by atoms with Crippen molar-refractivity contribution in [3.8, 4) is 0 Å². The summed E-state index contributed by atoms with van der Waals surface area (Å²) in [4.78, 5) is 12.2. The molecule has 0 atom stereocenters. The largest absolute Gasteiger partial charge is 0.394 e. The minimum absolute atomic E-state index is 0.0443. The number of aliphatic hydroxyl groups excluding tert-OH is 1. The van der Waals surface area contributed by atoms with Gasteiger partial charge in [0, 0.05) is 19.7 Å². The van der Waals surface area contributed by atoms with Gasteiger partial charge in [-0.1, -0.05) is 19.3 Å². The molecule has 0 bridgehead atoms. The summed E-state index contributed by atoms with van der Waals surface area (Å²) in [5, 5.41) is 11.5. The Kier molecular flexibility index (Phi) is 7.23. The normalized spacial score (nSPS) is 18.6. The first-order valence-corrected chi connectivity index (χ1v) is 6.92. The van der Waals surface area contributed by atoms with Crippen LogP contribution in [-0.2, 0) is 9.53 Å². The molecule has 0 spiro atoms. The van der Waals surface area contributed by atoms with Crippen LogP contribution in [0.1, 0.15) is 38.5 Å². The van der Waals surface area contributed by atoms with Gasteiger partial charge in [-0.25, -0.2) is 0 Å². The van der Waals surface area contributed by atoms with Crippen LogP contribution in [0.3, 0.4) is 0 Å². The predicted molar refractivity (Wildman–Crippen MR) is 70.1 cm³/mol. The van der Waals surface area contributed by atoms with Crippen LogP contribution in [0.4, 0.5) is 0 Å². The third-order valence-electron chi connectivity index (χ3n) is 3.67. The van der Waals surface area contributed by atoms with Gasteiger partial charge in [0.05, 0.1) is 18.6 Å². The van der Waals surface area contributed by atoms with Gasteiger partial charge in [-0.15, -0.1) is 0 Å². The lowest BCUT2D eigenvalue weighted by molar-refractivity contribution is -0.132. The average Bonchev–Trinajstić information content (AvgIpc) is 2.43. The predicted octanol–water partition coefficient (Wildman–Crippen LogP) is 0.411. The van der Waals surface area contributed by atoms with Crippen molar-refractivity contribution < 1.29 is 14.6 Å². The quantitative estimate of drug-likeness (QED) is 0.551. The fourth-order valence-electron chi connectivity index (χ4n) is 2.48. The molecule has 0 aliphatic heterocycles. The standard InChI is InChI=1S/C13H26N2O3/c14-11-13(5-2-1-3-6-13)12(17)15-7-4-9-18-10-8-16/h16H,1-11,14H2,(H,15,17). The molecule has 0 heterocycles. The molecule has 5 heteroatoms. The van der Waals surface area contributed by atoms with Crippen molar-refractivity contribution in [2.75, 3.05) is 32.9 Å². The van der Waals surface area contributed by atoms with Gasteiger partial charge in [-0.2, -0.15) is 0 Å². The fraction of sp³-hybridized carbons (Fsp3) is 0.923. The summed E-state index contributed by atoms with van der Waals surface area (Å²) >= 11 is 0. The number of nitrogens with two attached hydrogens (primary N) is 1. The van der Waals surface area contributed by atoms with Crippen molar-refractivity contribution in [2.24, 2.45) is 11.1 Å². The summed E-state index contributed by atoms with van der Waals surface area (Å²) in [6, 6.07) is 0. The number of aliphatic hydroxyl groups is 1. The summed E-state index contributed by atoms with van der Waals surface area (Å²) in [5.74, 6) is 0.104. The van der Waals surface area contributed by atoms with E-state index in [2.05, 4.69) is 5.32 Å². The Morgan fingerprint density at radius 2 is 2.00 bits per heavy atom. The maximum Gasteiger partial charge on any atom is 0.227 e. The molecule has 1 amide bonds. The van der Waals surface area contributed by atoms with Crippen LogP contribution in [-0.4, -0.2) is 43.9 Å². The lowest BCUT2D eigenvalue weighted by Gasteiger charge is -2.34. The van der Waals surface area contributed by atoms with Gasteiger partial charge >= 0.3 is 0 Å². The number of carbonyl (C=O) groups is 1. The third-order valence-corrected chi connectivity index (χ3v) is 3.67. The highest BCUT2D eigenvalue weighted by Crippen LogP contribution is 2.35. The summed E-state index contributed by atoms with van der Waals surface area (Å²) in [7, 11) is 0. The van der Waals surface area contributed by atoms with Crippen LogP contribution in [0.15, 0.2) is 0 Å². The molecule has 106 valence electrons. The van der Waals surface area contributed by atoms with E-state index >= 15 is 0 Å². The summed E-state index contributed by atoms with van der Waals surface area (Å²) in [6.45, 7) is 2.03. The Morgan fingerprint density at radius 1 is 1.28 bits per heavy atom. The molecule has 1 aliphatic carbocycles. The van der Waals surface area contributed by atoms with Crippen LogP contribution in [0.2, 0.25) is 0 Å². The lowest BCUT2D eigenvalue weighted by Crippen LogP contribution is -2.47. The van der Waals surface area contributed by atoms with E-state index in [1.807, 2.05) is 0 Å². The molecule has 1 fully saturated rings. The Morgan fingerprint density at radius 3 is 2.61 bits per heavy atom. The smallest absolute Gasteiger partial charge is 0.227 e. The van der Waals surface area contributed by atoms with Gasteiger partial charge in [0.25, 0.3) is 0 Å². The molecule has 4 N–H and O–H groups in total. The van der Waals surface area contributed by atoms with Crippen molar-refractivity contribution in [1.82, 2.24) is 5.32 Å². The third kappa shape index (κ3) is 4.55. The molecule has 0 unspecified atom stereocenters. The number of hydrogen-bond donors (Lipinski definition) is 3. The molecular weight excluding hydrogens is 232 g/mol. The second-order valence-corrected chi connectivity index (χ2v) is 4.99. The number of amides is 1. The zero-order valence-electron chi connectivity index (χ0n) is 11.1.